The van der Waals surface area contributed by atoms with Gasteiger partial charge in [0.05, 0.1) is 19.8 Å². The van der Waals surface area contributed by atoms with Gasteiger partial charge in [0, 0.05) is 20.7 Å². The van der Waals surface area contributed by atoms with Crippen LogP contribution in [0, 0.1) is 0 Å². The minimum Gasteiger partial charge on any atom is -0.497 e. The number of esters is 1. The van der Waals surface area contributed by atoms with E-state index in [1.807, 2.05) is 30.3 Å². The highest BCUT2D eigenvalue weighted by molar-refractivity contribution is 7.99. The van der Waals surface area contributed by atoms with E-state index >= 15 is 0 Å². The number of rotatable bonds is 6. The summed E-state index contributed by atoms with van der Waals surface area (Å²) < 4.78 is 11.0. The SMILES string of the molecule is COC(=O)c1ccc(CSc2c(C(N)=O)sc3ccc(OC)cc23)cc1. The topological polar surface area (TPSA) is 78.6 Å². The van der Waals surface area contributed by atoms with Crippen LogP contribution < -0.4 is 10.5 Å². The number of thiophene rings is 1. The van der Waals surface area contributed by atoms with Crippen molar-refractivity contribution in [1.82, 2.24) is 0 Å². The van der Waals surface area contributed by atoms with Crippen LogP contribution in [0.15, 0.2) is 47.4 Å². The third-order valence-electron chi connectivity index (χ3n) is 3.83. The van der Waals surface area contributed by atoms with E-state index in [2.05, 4.69) is 0 Å². The van der Waals surface area contributed by atoms with Crippen molar-refractivity contribution in [1.29, 1.82) is 0 Å². The number of ether oxygens (including phenoxy) is 2. The van der Waals surface area contributed by atoms with Crippen LogP contribution in [0.25, 0.3) is 10.1 Å². The molecule has 5 nitrogen and oxygen atoms in total. The molecule has 7 heteroatoms. The van der Waals surface area contributed by atoms with Gasteiger partial charge in [-0.15, -0.1) is 23.1 Å². The first-order valence-electron chi connectivity index (χ1n) is 7.74. The summed E-state index contributed by atoms with van der Waals surface area (Å²) in [6.07, 6.45) is 0. The molecule has 2 N–H and O–H groups in total. The average molecular weight is 387 g/mol. The molecule has 0 bridgehead atoms. The number of nitrogens with two attached hydrogens (primary N) is 1. The van der Waals surface area contributed by atoms with Crippen molar-refractivity contribution in [2.45, 2.75) is 10.6 Å². The minimum atomic E-state index is -0.436. The Hall–Kier alpha value is -2.51. The average Bonchev–Trinajstić information content (AvgIpc) is 3.04. The van der Waals surface area contributed by atoms with Crippen LogP contribution in [0.1, 0.15) is 25.6 Å². The van der Waals surface area contributed by atoms with Crippen LogP contribution >= 0.6 is 23.1 Å². The maximum atomic E-state index is 11.8. The van der Waals surface area contributed by atoms with E-state index in [-0.39, 0.29) is 5.97 Å². The van der Waals surface area contributed by atoms with Crippen LogP contribution in [0.5, 0.6) is 5.75 Å². The molecule has 2 aromatic carbocycles. The van der Waals surface area contributed by atoms with Gasteiger partial charge in [-0.2, -0.15) is 0 Å². The Kier molecular flexibility index (Phi) is 5.49. The fourth-order valence-corrected chi connectivity index (χ4v) is 4.85. The van der Waals surface area contributed by atoms with Crippen molar-refractivity contribution < 1.29 is 19.1 Å². The first-order chi connectivity index (χ1) is 12.5. The van der Waals surface area contributed by atoms with Crippen molar-refractivity contribution in [3.8, 4) is 5.75 Å². The lowest BCUT2D eigenvalue weighted by atomic mass is 10.1. The molecule has 3 rings (SSSR count). The molecule has 0 atom stereocenters. The number of primary amides is 1. The zero-order valence-electron chi connectivity index (χ0n) is 14.3. The smallest absolute Gasteiger partial charge is 0.337 e. The molecule has 1 aromatic heterocycles. The molecule has 0 saturated carbocycles. The molecule has 0 unspecified atom stereocenters. The Morgan fingerprint density at radius 2 is 1.85 bits per heavy atom. The van der Waals surface area contributed by atoms with E-state index < -0.39 is 5.91 Å². The highest BCUT2D eigenvalue weighted by Gasteiger charge is 2.17. The van der Waals surface area contributed by atoms with Gasteiger partial charge < -0.3 is 15.2 Å². The van der Waals surface area contributed by atoms with Crippen LogP contribution in [0.3, 0.4) is 0 Å². The zero-order chi connectivity index (χ0) is 18.7. The molecule has 0 radical (unpaired) electrons. The third-order valence-corrected chi connectivity index (χ3v) is 6.34. The predicted octanol–water partition coefficient (Wildman–Crippen LogP) is 4.09. The maximum absolute atomic E-state index is 11.8. The van der Waals surface area contributed by atoms with Crippen molar-refractivity contribution in [2.24, 2.45) is 5.73 Å². The number of hydrogen-bond acceptors (Lipinski definition) is 6. The summed E-state index contributed by atoms with van der Waals surface area (Å²) in [7, 11) is 2.96. The van der Waals surface area contributed by atoms with Crippen molar-refractivity contribution in [2.75, 3.05) is 14.2 Å². The number of methoxy groups -OCH3 is 2. The lowest BCUT2D eigenvalue weighted by Gasteiger charge is -2.05. The number of hydrogen-bond donors (Lipinski definition) is 1. The second-order valence-corrected chi connectivity index (χ2v) is 7.50. The van der Waals surface area contributed by atoms with E-state index in [0.717, 1.165) is 26.3 Å². The molecular weight excluding hydrogens is 370 g/mol. The normalized spacial score (nSPS) is 10.7. The monoisotopic (exact) mass is 387 g/mol. The summed E-state index contributed by atoms with van der Waals surface area (Å²) in [5.74, 6) is 0.575. The van der Waals surface area contributed by atoms with Gasteiger partial charge in [-0.3, -0.25) is 4.79 Å². The Balaban J connectivity index is 1.88. The molecule has 3 aromatic rings. The molecule has 134 valence electrons. The Morgan fingerprint density at radius 1 is 1.12 bits per heavy atom. The fourth-order valence-electron chi connectivity index (χ4n) is 2.50. The summed E-state index contributed by atoms with van der Waals surface area (Å²) in [5.41, 5.74) is 7.09. The van der Waals surface area contributed by atoms with E-state index in [1.54, 1.807) is 31.0 Å². The van der Waals surface area contributed by atoms with Crippen LogP contribution in [-0.4, -0.2) is 26.1 Å². The quantitative estimate of drug-likeness (QED) is 0.509. The van der Waals surface area contributed by atoms with Crippen LogP contribution in [-0.2, 0) is 10.5 Å². The molecule has 0 aliphatic carbocycles. The molecule has 0 aliphatic rings. The highest BCUT2D eigenvalue weighted by atomic mass is 32.2. The van der Waals surface area contributed by atoms with Crippen LogP contribution in [0.4, 0.5) is 0 Å². The zero-order valence-corrected chi connectivity index (χ0v) is 15.9. The summed E-state index contributed by atoms with van der Waals surface area (Å²) in [6.45, 7) is 0. The summed E-state index contributed by atoms with van der Waals surface area (Å²) >= 11 is 2.93. The van der Waals surface area contributed by atoms with Gasteiger partial charge in [-0.25, -0.2) is 4.79 Å². The van der Waals surface area contributed by atoms with Gasteiger partial charge in [-0.05, 0) is 35.9 Å². The largest absolute Gasteiger partial charge is 0.497 e. The summed E-state index contributed by atoms with van der Waals surface area (Å²) in [5, 5.41) is 0.958. The van der Waals surface area contributed by atoms with E-state index in [0.29, 0.717) is 16.2 Å². The first kappa shape index (κ1) is 18.3. The van der Waals surface area contributed by atoms with Crippen molar-refractivity contribution in [3.05, 3.63) is 58.5 Å². The Morgan fingerprint density at radius 3 is 2.46 bits per heavy atom. The maximum Gasteiger partial charge on any atom is 0.337 e. The van der Waals surface area contributed by atoms with Crippen LogP contribution in [0.2, 0.25) is 0 Å². The Bertz CT molecular complexity index is 964. The molecule has 0 spiro atoms. The number of thioether (sulfide) groups is 1. The Labute approximate surface area is 159 Å². The fraction of sp³-hybridized carbons (Fsp3) is 0.158. The van der Waals surface area contributed by atoms with Gasteiger partial charge in [0.2, 0.25) is 0 Å². The van der Waals surface area contributed by atoms with E-state index in [4.69, 9.17) is 15.2 Å². The van der Waals surface area contributed by atoms with Gasteiger partial charge >= 0.3 is 5.97 Å². The minimum absolute atomic E-state index is 0.365. The first-order valence-corrected chi connectivity index (χ1v) is 9.54. The number of fused-ring (bicyclic) bond motifs is 1. The molecule has 0 aliphatic heterocycles. The lowest BCUT2D eigenvalue weighted by molar-refractivity contribution is 0.0600. The molecule has 1 amide bonds. The third kappa shape index (κ3) is 3.68. The van der Waals surface area contributed by atoms with Gasteiger partial charge in [0.25, 0.3) is 5.91 Å². The standard InChI is InChI=1S/C19H17NO4S2/c1-23-13-7-8-15-14(9-13)16(17(26-15)18(20)21)25-10-11-3-5-12(6-4-11)19(22)24-2/h3-9H,10H2,1-2H3,(H2,20,21). The van der Waals surface area contributed by atoms with Gasteiger partial charge in [0.15, 0.2) is 0 Å². The van der Waals surface area contributed by atoms with Gasteiger partial charge in [-0.1, -0.05) is 12.1 Å². The molecular formula is C19H17NO4S2. The number of carbonyl (C=O) groups is 2. The second kappa shape index (κ2) is 7.80. The van der Waals surface area contributed by atoms with Gasteiger partial charge in [0.1, 0.15) is 10.6 Å². The number of carbonyl (C=O) groups excluding carboxylic acids is 2. The molecule has 0 fully saturated rings. The predicted molar refractivity (Wildman–Crippen MR) is 104 cm³/mol. The second-order valence-electron chi connectivity index (χ2n) is 5.46. The lowest BCUT2D eigenvalue weighted by Crippen LogP contribution is -2.09. The van der Waals surface area contributed by atoms with Crippen molar-refractivity contribution in [3.63, 3.8) is 0 Å². The van der Waals surface area contributed by atoms with E-state index in [1.165, 1.54) is 18.4 Å². The molecule has 0 saturated heterocycles. The highest BCUT2D eigenvalue weighted by Crippen LogP contribution is 2.40. The van der Waals surface area contributed by atoms with E-state index in [9.17, 15) is 9.59 Å². The molecule has 26 heavy (non-hydrogen) atoms. The summed E-state index contributed by atoms with van der Waals surface area (Å²) in [4.78, 5) is 24.8. The van der Waals surface area contributed by atoms with Crippen molar-refractivity contribution >= 4 is 45.1 Å². The number of benzene rings is 2. The number of amides is 1. The summed E-state index contributed by atoms with van der Waals surface area (Å²) in [6, 6.07) is 12.9. The molecule has 1 heterocycles.